The molecule has 4 rings (SSSR count). The average Bonchev–Trinajstić information content (AvgIpc) is 3.08. The second-order valence-electron chi connectivity index (χ2n) is 9.30. The van der Waals surface area contributed by atoms with Crippen molar-refractivity contribution >= 4 is 11.9 Å². The molecule has 2 aliphatic rings. The van der Waals surface area contributed by atoms with Crippen molar-refractivity contribution in [3.63, 3.8) is 0 Å². The molecular weight excluding hydrogens is 428 g/mol. The Balaban J connectivity index is 0.000000212. The number of aryl methyl sites for hydroxylation is 1. The van der Waals surface area contributed by atoms with Gasteiger partial charge in [-0.15, -0.1) is 0 Å². The van der Waals surface area contributed by atoms with Crippen LogP contribution in [0.25, 0.3) is 0 Å². The summed E-state index contributed by atoms with van der Waals surface area (Å²) in [6, 6.07) is 14.1. The molecule has 0 spiro atoms. The van der Waals surface area contributed by atoms with Gasteiger partial charge in [0.15, 0.2) is 5.96 Å². The third-order valence-corrected chi connectivity index (χ3v) is 5.92. The van der Waals surface area contributed by atoms with E-state index in [1.165, 1.54) is 16.0 Å². The highest BCUT2D eigenvalue weighted by atomic mass is 16.5. The molecule has 4 N–H and O–H groups in total. The largest absolute Gasteiger partial charge is 0.494 e. The van der Waals surface area contributed by atoms with Gasteiger partial charge in [0.05, 0.1) is 37.3 Å². The normalized spacial score (nSPS) is 20.6. The lowest BCUT2D eigenvalue weighted by Gasteiger charge is -2.33. The number of nitrogens with one attached hydrogen (secondary N) is 1. The minimum Gasteiger partial charge on any atom is -0.494 e. The first kappa shape index (κ1) is 25.3. The lowest BCUT2D eigenvalue weighted by molar-refractivity contribution is -0.129. The van der Waals surface area contributed by atoms with Crippen LogP contribution >= 0.6 is 0 Å². The van der Waals surface area contributed by atoms with Gasteiger partial charge in [-0.2, -0.15) is 0 Å². The zero-order valence-corrected chi connectivity index (χ0v) is 20.5. The lowest BCUT2D eigenvalue weighted by Crippen LogP contribution is -2.49. The Morgan fingerprint density at radius 2 is 2.06 bits per heavy atom. The van der Waals surface area contributed by atoms with Crippen molar-refractivity contribution in [2.75, 3.05) is 6.61 Å². The van der Waals surface area contributed by atoms with Crippen LogP contribution in [0.15, 0.2) is 60.2 Å². The van der Waals surface area contributed by atoms with E-state index in [1.54, 1.807) is 6.20 Å². The highest BCUT2D eigenvalue weighted by Crippen LogP contribution is 2.31. The SMILES string of the molecule is C=CNC1c2ccccc2CC1O.CCOc1ccc(C)cc1CN1C(=O)CC(C)(C)N=C1N. The molecule has 7 heteroatoms. The van der Waals surface area contributed by atoms with Gasteiger partial charge in [-0.25, -0.2) is 4.99 Å². The van der Waals surface area contributed by atoms with Crippen molar-refractivity contribution in [3.05, 3.63) is 77.5 Å². The van der Waals surface area contributed by atoms with Crippen molar-refractivity contribution in [3.8, 4) is 5.75 Å². The first-order valence-electron chi connectivity index (χ1n) is 11.7. The first-order valence-corrected chi connectivity index (χ1v) is 11.7. The summed E-state index contributed by atoms with van der Waals surface area (Å²) in [6.07, 6.45) is 2.41. The van der Waals surface area contributed by atoms with Crippen LogP contribution in [0.4, 0.5) is 0 Å². The van der Waals surface area contributed by atoms with Crippen molar-refractivity contribution in [2.24, 2.45) is 10.7 Å². The van der Waals surface area contributed by atoms with Crippen LogP contribution in [0.1, 0.15) is 55.5 Å². The molecule has 0 saturated carbocycles. The Morgan fingerprint density at radius 3 is 2.74 bits per heavy atom. The molecule has 182 valence electrons. The summed E-state index contributed by atoms with van der Waals surface area (Å²) in [5.41, 5.74) is 10.0. The number of nitrogens with two attached hydrogens (primary N) is 1. The van der Waals surface area contributed by atoms with Crippen LogP contribution in [0, 0.1) is 6.92 Å². The third kappa shape index (κ3) is 5.97. The lowest BCUT2D eigenvalue weighted by atomic mass is 9.99. The molecule has 0 radical (unpaired) electrons. The minimum atomic E-state index is -0.424. The molecule has 0 fully saturated rings. The van der Waals surface area contributed by atoms with Crippen molar-refractivity contribution in [1.29, 1.82) is 0 Å². The van der Waals surface area contributed by atoms with E-state index in [4.69, 9.17) is 10.5 Å². The van der Waals surface area contributed by atoms with E-state index in [-0.39, 0.29) is 24.0 Å². The second kappa shape index (κ2) is 10.7. The fourth-order valence-electron chi connectivity index (χ4n) is 4.37. The Bertz CT molecular complexity index is 1060. The number of carbonyl (C=O) groups excluding carboxylic acids is 1. The maximum atomic E-state index is 12.3. The molecule has 2 aromatic carbocycles. The van der Waals surface area contributed by atoms with Crippen LogP contribution in [-0.2, 0) is 17.8 Å². The van der Waals surface area contributed by atoms with Crippen molar-refractivity contribution < 1.29 is 14.6 Å². The second-order valence-corrected chi connectivity index (χ2v) is 9.30. The smallest absolute Gasteiger partial charge is 0.232 e. The molecule has 1 aliphatic heterocycles. The number of aliphatic hydroxyl groups is 1. The van der Waals surface area contributed by atoms with E-state index >= 15 is 0 Å². The van der Waals surface area contributed by atoms with Crippen LogP contribution in [-0.4, -0.2) is 40.1 Å². The summed E-state index contributed by atoms with van der Waals surface area (Å²) in [5, 5.41) is 12.8. The van der Waals surface area contributed by atoms with Crippen LogP contribution in [0.3, 0.4) is 0 Å². The number of benzene rings is 2. The Labute approximate surface area is 202 Å². The van der Waals surface area contributed by atoms with E-state index in [2.05, 4.69) is 23.0 Å². The predicted octanol–water partition coefficient (Wildman–Crippen LogP) is 3.60. The quantitative estimate of drug-likeness (QED) is 0.607. The maximum absolute atomic E-state index is 12.3. The van der Waals surface area contributed by atoms with Crippen LogP contribution in [0.5, 0.6) is 5.75 Å². The number of carbonyl (C=O) groups is 1. The summed E-state index contributed by atoms with van der Waals surface area (Å²) < 4.78 is 5.63. The number of fused-ring (bicyclic) bond motifs is 1. The van der Waals surface area contributed by atoms with Gasteiger partial charge in [-0.05, 0) is 51.1 Å². The molecule has 2 aromatic rings. The molecule has 1 aliphatic carbocycles. The highest BCUT2D eigenvalue weighted by Gasteiger charge is 2.33. The molecular formula is C27H36N4O3. The Hall–Kier alpha value is -3.32. The van der Waals surface area contributed by atoms with Crippen LogP contribution in [0.2, 0.25) is 0 Å². The Kier molecular flexibility index (Phi) is 7.99. The number of guanidine groups is 1. The van der Waals surface area contributed by atoms with Gasteiger partial charge in [0.25, 0.3) is 0 Å². The molecule has 0 bridgehead atoms. The first-order chi connectivity index (χ1) is 16.1. The summed E-state index contributed by atoms with van der Waals surface area (Å²) >= 11 is 0. The van der Waals surface area contributed by atoms with Gasteiger partial charge in [0, 0.05) is 12.0 Å². The van der Waals surface area contributed by atoms with Gasteiger partial charge in [-0.1, -0.05) is 48.5 Å². The molecule has 0 aromatic heterocycles. The molecule has 1 amide bonds. The minimum absolute atomic E-state index is 0.00328. The standard InChI is InChI=1S/C16H23N3O2.C11H13NO/c1-5-21-13-7-6-11(2)8-12(13)10-19-14(20)9-16(3,4)18-15(19)17;1-2-12-11-9-6-4-3-5-8(9)7-10(11)13/h6-8H,5,9-10H2,1-4H3,(H2,17,18);2-6,10-13H,1,7H2. The van der Waals surface area contributed by atoms with E-state index in [0.29, 0.717) is 19.6 Å². The zero-order chi connectivity index (χ0) is 24.9. The van der Waals surface area contributed by atoms with Crippen molar-refractivity contribution in [2.45, 2.75) is 64.8 Å². The number of amides is 1. The van der Waals surface area contributed by atoms with E-state index in [0.717, 1.165) is 23.3 Å². The highest BCUT2D eigenvalue weighted by molar-refractivity contribution is 5.98. The maximum Gasteiger partial charge on any atom is 0.232 e. The number of aliphatic hydroxyl groups excluding tert-OH is 1. The van der Waals surface area contributed by atoms with E-state index in [9.17, 15) is 9.90 Å². The Morgan fingerprint density at radius 1 is 1.32 bits per heavy atom. The summed E-state index contributed by atoms with van der Waals surface area (Å²) in [4.78, 5) is 18.2. The van der Waals surface area contributed by atoms with Gasteiger partial charge in [0.1, 0.15) is 5.75 Å². The van der Waals surface area contributed by atoms with E-state index < -0.39 is 5.54 Å². The van der Waals surface area contributed by atoms with Crippen LogP contribution < -0.4 is 15.8 Å². The number of hydrogen-bond donors (Lipinski definition) is 3. The average molecular weight is 465 g/mol. The third-order valence-electron chi connectivity index (χ3n) is 5.92. The van der Waals surface area contributed by atoms with Gasteiger partial charge < -0.3 is 20.9 Å². The number of rotatable bonds is 6. The number of ether oxygens (including phenoxy) is 1. The fraction of sp³-hybridized carbons (Fsp3) is 0.407. The molecule has 0 saturated heterocycles. The van der Waals surface area contributed by atoms with Gasteiger partial charge in [0.2, 0.25) is 5.91 Å². The predicted molar refractivity (Wildman–Crippen MR) is 135 cm³/mol. The van der Waals surface area contributed by atoms with Crippen molar-refractivity contribution in [1.82, 2.24) is 10.2 Å². The van der Waals surface area contributed by atoms with Gasteiger partial charge in [-0.3, -0.25) is 9.69 Å². The number of nitrogens with zero attached hydrogens (tertiary/aromatic N) is 2. The van der Waals surface area contributed by atoms with E-state index in [1.807, 2.05) is 64.1 Å². The zero-order valence-electron chi connectivity index (χ0n) is 20.5. The molecule has 7 nitrogen and oxygen atoms in total. The molecule has 2 unspecified atom stereocenters. The summed E-state index contributed by atoms with van der Waals surface area (Å²) in [6.45, 7) is 12.4. The topological polar surface area (TPSA) is 100 Å². The molecule has 34 heavy (non-hydrogen) atoms. The summed E-state index contributed by atoms with van der Waals surface area (Å²) in [5.74, 6) is 1.06. The summed E-state index contributed by atoms with van der Waals surface area (Å²) in [7, 11) is 0. The fourth-order valence-corrected chi connectivity index (χ4v) is 4.37. The number of aliphatic imine (C=N–C) groups is 1. The van der Waals surface area contributed by atoms with Gasteiger partial charge >= 0.3 is 0 Å². The number of hydrogen-bond acceptors (Lipinski definition) is 6. The monoisotopic (exact) mass is 464 g/mol. The molecule has 2 atom stereocenters. The molecule has 1 heterocycles.